The lowest BCUT2D eigenvalue weighted by molar-refractivity contribution is -0.140. The molecule has 1 aromatic rings. The molecular weight excluding hydrogens is 216 g/mol. The van der Waals surface area contributed by atoms with Gasteiger partial charge in [0.1, 0.15) is 0 Å². The molecule has 3 nitrogen and oxygen atoms in total. The molecule has 15 heavy (non-hydrogen) atoms. The first-order chi connectivity index (χ1) is 7.08. The van der Waals surface area contributed by atoms with Gasteiger partial charge in [-0.3, -0.25) is 4.79 Å². The van der Waals surface area contributed by atoms with Crippen molar-refractivity contribution in [3.63, 3.8) is 0 Å². The van der Waals surface area contributed by atoms with E-state index < -0.39 is 5.97 Å². The third kappa shape index (κ3) is 4.81. The Morgan fingerprint density at radius 3 is 2.93 bits per heavy atom. The minimum atomic E-state index is -0.853. The summed E-state index contributed by atoms with van der Waals surface area (Å²) in [5, 5.41) is 9.18. The highest BCUT2D eigenvalue weighted by atomic mass is 35.5. The summed E-state index contributed by atoms with van der Waals surface area (Å²) in [5.74, 6) is -0.853. The highest BCUT2D eigenvalue weighted by Crippen LogP contribution is 2.12. The number of carbonyl (C=O) groups is 1. The van der Waals surface area contributed by atoms with Gasteiger partial charge in [-0.05, 0) is 24.6 Å². The number of benzene rings is 1. The molecule has 0 spiro atoms. The van der Waals surface area contributed by atoms with E-state index in [2.05, 4.69) is 0 Å². The standard InChI is InChI=1S/C11H13ClO3/c1-8(5-11(13)14)15-7-9-3-2-4-10(12)6-9/h2-4,6,8H,5,7H2,1H3,(H,13,14)/t8-/m0/s1. The van der Waals surface area contributed by atoms with E-state index >= 15 is 0 Å². The molecule has 1 atom stereocenters. The fourth-order valence-electron chi connectivity index (χ4n) is 1.17. The predicted octanol–water partition coefficient (Wildman–Crippen LogP) is 2.72. The van der Waals surface area contributed by atoms with E-state index in [9.17, 15) is 4.79 Å². The van der Waals surface area contributed by atoms with Crippen LogP contribution in [-0.2, 0) is 16.1 Å². The molecule has 0 aromatic heterocycles. The van der Waals surface area contributed by atoms with Gasteiger partial charge in [0.25, 0.3) is 0 Å². The van der Waals surface area contributed by atoms with Crippen molar-refractivity contribution in [3.05, 3.63) is 34.9 Å². The van der Waals surface area contributed by atoms with Crippen molar-refractivity contribution < 1.29 is 14.6 Å². The van der Waals surface area contributed by atoms with Crippen LogP contribution in [0.3, 0.4) is 0 Å². The summed E-state index contributed by atoms with van der Waals surface area (Å²) < 4.78 is 5.35. The van der Waals surface area contributed by atoms with Gasteiger partial charge in [-0.15, -0.1) is 0 Å². The maximum absolute atomic E-state index is 10.4. The average Bonchev–Trinajstić information content (AvgIpc) is 2.14. The number of ether oxygens (including phenoxy) is 1. The number of hydrogen-bond acceptors (Lipinski definition) is 2. The highest BCUT2D eigenvalue weighted by molar-refractivity contribution is 6.30. The topological polar surface area (TPSA) is 46.5 Å². The zero-order chi connectivity index (χ0) is 11.3. The minimum Gasteiger partial charge on any atom is -0.481 e. The summed E-state index contributed by atoms with van der Waals surface area (Å²) in [7, 11) is 0. The first-order valence-electron chi connectivity index (χ1n) is 4.66. The fraction of sp³-hybridized carbons (Fsp3) is 0.364. The SMILES string of the molecule is C[C@@H](CC(=O)O)OCc1cccc(Cl)c1. The number of carboxylic acids is 1. The van der Waals surface area contributed by atoms with E-state index in [0.29, 0.717) is 11.6 Å². The molecule has 0 amide bonds. The van der Waals surface area contributed by atoms with Gasteiger partial charge in [-0.2, -0.15) is 0 Å². The second kappa shape index (κ2) is 5.73. The van der Waals surface area contributed by atoms with Crippen molar-refractivity contribution in [3.8, 4) is 0 Å². The Morgan fingerprint density at radius 1 is 1.60 bits per heavy atom. The van der Waals surface area contributed by atoms with Crippen molar-refractivity contribution >= 4 is 17.6 Å². The van der Waals surface area contributed by atoms with E-state index in [1.165, 1.54) is 0 Å². The first-order valence-corrected chi connectivity index (χ1v) is 5.03. The van der Waals surface area contributed by atoms with Crippen LogP contribution in [0, 0.1) is 0 Å². The highest BCUT2D eigenvalue weighted by Gasteiger charge is 2.07. The van der Waals surface area contributed by atoms with Crippen LogP contribution in [0.4, 0.5) is 0 Å². The molecule has 0 radical (unpaired) electrons. The van der Waals surface area contributed by atoms with E-state index in [1.807, 2.05) is 12.1 Å². The zero-order valence-corrected chi connectivity index (χ0v) is 9.20. The molecule has 0 heterocycles. The lowest BCUT2D eigenvalue weighted by Crippen LogP contribution is -2.13. The molecule has 0 aliphatic heterocycles. The molecule has 1 N–H and O–H groups in total. The number of carboxylic acid groups (broad SMARTS) is 1. The Hall–Kier alpha value is -1.06. The molecule has 0 saturated heterocycles. The quantitative estimate of drug-likeness (QED) is 0.843. The summed E-state index contributed by atoms with van der Waals surface area (Å²) in [6.07, 6.45) is -0.276. The third-order valence-corrected chi connectivity index (χ3v) is 2.12. The van der Waals surface area contributed by atoms with Gasteiger partial charge in [0.15, 0.2) is 0 Å². The van der Waals surface area contributed by atoms with Crippen LogP contribution in [0.5, 0.6) is 0 Å². The first kappa shape index (κ1) is 12.0. The summed E-state index contributed by atoms with van der Waals surface area (Å²) in [4.78, 5) is 10.4. The fourth-order valence-corrected chi connectivity index (χ4v) is 1.38. The number of aliphatic carboxylic acids is 1. The molecule has 4 heteroatoms. The van der Waals surface area contributed by atoms with Gasteiger partial charge in [0.2, 0.25) is 0 Å². The van der Waals surface area contributed by atoms with Crippen molar-refractivity contribution in [2.24, 2.45) is 0 Å². The summed E-state index contributed by atoms with van der Waals surface area (Å²) >= 11 is 5.79. The molecule has 1 aromatic carbocycles. The van der Waals surface area contributed by atoms with E-state index in [1.54, 1.807) is 19.1 Å². The van der Waals surface area contributed by atoms with Crippen molar-refractivity contribution in [2.75, 3.05) is 0 Å². The molecule has 1 rings (SSSR count). The molecule has 0 aliphatic rings. The van der Waals surface area contributed by atoms with E-state index in [-0.39, 0.29) is 12.5 Å². The van der Waals surface area contributed by atoms with Crippen LogP contribution in [0.25, 0.3) is 0 Å². The van der Waals surface area contributed by atoms with Gasteiger partial charge in [0, 0.05) is 5.02 Å². The number of rotatable bonds is 5. The van der Waals surface area contributed by atoms with Crippen LogP contribution in [0.2, 0.25) is 5.02 Å². The largest absolute Gasteiger partial charge is 0.481 e. The van der Waals surface area contributed by atoms with E-state index in [0.717, 1.165) is 5.56 Å². The lowest BCUT2D eigenvalue weighted by Gasteiger charge is -2.10. The second-order valence-electron chi connectivity index (χ2n) is 3.35. The predicted molar refractivity (Wildman–Crippen MR) is 58.0 cm³/mol. The Bertz CT molecular complexity index is 338. The maximum atomic E-state index is 10.4. The van der Waals surface area contributed by atoms with Crippen LogP contribution in [-0.4, -0.2) is 17.2 Å². The third-order valence-electron chi connectivity index (χ3n) is 1.89. The van der Waals surface area contributed by atoms with Crippen LogP contribution in [0.15, 0.2) is 24.3 Å². The Kier molecular flexibility index (Phi) is 4.59. The Balaban J connectivity index is 2.40. The number of hydrogen-bond donors (Lipinski definition) is 1. The molecule has 0 aliphatic carbocycles. The summed E-state index contributed by atoms with van der Waals surface area (Å²) in [5.41, 5.74) is 0.944. The molecule has 0 saturated carbocycles. The lowest BCUT2D eigenvalue weighted by atomic mass is 10.2. The second-order valence-corrected chi connectivity index (χ2v) is 3.79. The smallest absolute Gasteiger partial charge is 0.305 e. The van der Waals surface area contributed by atoms with Crippen LogP contribution in [0.1, 0.15) is 18.9 Å². The average molecular weight is 229 g/mol. The van der Waals surface area contributed by atoms with Gasteiger partial charge < -0.3 is 9.84 Å². The minimum absolute atomic E-state index is 0.0145. The molecule has 0 unspecified atom stereocenters. The monoisotopic (exact) mass is 228 g/mol. The van der Waals surface area contributed by atoms with Gasteiger partial charge in [-0.25, -0.2) is 0 Å². The maximum Gasteiger partial charge on any atom is 0.305 e. The number of halogens is 1. The van der Waals surface area contributed by atoms with Gasteiger partial charge >= 0.3 is 5.97 Å². The molecule has 0 fully saturated rings. The normalized spacial score (nSPS) is 12.4. The molecule has 0 bridgehead atoms. The summed E-state index contributed by atoms with van der Waals surface area (Å²) in [6, 6.07) is 7.31. The van der Waals surface area contributed by atoms with Gasteiger partial charge in [-0.1, -0.05) is 23.7 Å². The zero-order valence-electron chi connectivity index (χ0n) is 8.44. The summed E-state index contributed by atoms with van der Waals surface area (Å²) in [6.45, 7) is 2.12. The molecular formula is C11H13ClO3. The Labute approximate surface area is 93.6 Å². The Morgan fingerprint density at radius 2 is 2.33 bits per heavy atom. The van der Waals surface area contributed by atoms with Crippen LogP contribution < -0.4 is 0 Å². The molecule has 82 valence electrons. The van der Waals surface area contributed by atoms with Gasteiger partial charge in [0.05, 0.1) is 19.1 Å². The van der Waals surface area contributed by atoms with Crippen molar-refractivity contribution in [2.45, 2.75) is 26.1 Å². The van der Waals surface area contributed by atoms with Crippen molar-refractivity contribution in [1.29, 1.82) is 0 Å². The van der Waals surface area contributed by atoms with Crippen molar-refractivity contribution in [1.82, 2.24) is 0 Å². The van der Waals surface area contributed by atoms with E-state index in [4.69, 9.17) is 21.4 Å². The van der Waals surface area contributed by atoms with Crippen LogP contribution >= 0.6 is 11.6 Å².